The number of rotatable bonds is 8. The van der Waals surface area contributed by atoms with E-state index in [1.165, 1.54) is 21.9 Å². The Labute approximate surface area is 348 Å². The SMILES string of the molecule is Cc1cc(-n2c3ccc(N(c4ccccc4)c4ccccc4)cc3c3cc(N(c4ccccc4)c4ccccc4)ccc32)ccc1-c1cc2cccnc2c2ncccc12. The molecule has 8 aromatic carbocycles. The zero-order valence-corrected chi connectivity index (χ0v) is 33.0. The molecule has 60 heavy (non-hydrogen) atoms. The van der Waals surface area contributed by atoms with Crippen molar-refractivity contribution in [2.75, 3.05) is 9.80 Å². The van der Waals surface area contributed by atoms with Crippen LogP contribution in [-0.2, 0) is 0 Å². The molecule has 0 unspecified atom stereocenters. The first kappa shape index (κ1) is 35.2. The van der Waals surface area contributed by atoms with Gasteiger partial charge in [0, 0.05) is 73.8 Å². The number of fused-ring (bicyclic) bond motifs is 6. The number of nitrogens with zero attached hydrogens (tertiary/aromatic N) is 5. The number of aryl methyl sites for hydroxylation is 1. The highest BCUT2D eigenvalue weighted by Crippen LogP contribution is 2.43. The van der Waals surface area contributed by atoms with E-state index >= 15 is 0 Å². The molecule has 0 N–H and O–H groups in total. The largest absolute Gasteiger partial charge is 0.310 e. The van der Waals surface area contributed by atoms with Gasteiger partial charge in [-0.2, -0.15) is 0 Å². The summed E-state index contributed by atoms with van der Waals surface area (Å²) in [5, 5.41) is 4.52. The van der Waals surface area contributed by atoms with Crippen molar-refractivity contribution in [3.63, 3.8) is 0 Å². The van der Waals surface area contributed by atoms with Gasteiger partial charge in [0.2, 0.25) is 0 Å². The maximum absolute atomic E-state index is 4.79. The molecule has 0 bridgehead atoms. The van der Waals surface area contributed by atoms with E-state index in [-0.39, 0.29) is 0 Å². The Morgan fingerprint density at radius 1 is 0.367 bits per heavy atom. The molecule has 0 atom stereocenters. The summed E-state index contributed by atoms with van der Waals surface area (Å²) in [5.41, 5.74) is 15.3. The Hall–Kier alpha value is -8.02. The zero-order valence-electron chi connectivity index (χ0n) is 33.0. The number of benzene rings is 8. The predicted molar refractivity (Wildman–Crippen MR) is 251 cm³/mol. The summed E-state index contributed by atoms with van der Waals surface area (Å²) in [5.74, 6) is 0. The number of pyridine rings is 2. The van der Waals surface area contributed by atoms with Crippen LogP contribution in [0.2, 0.25) is 0 Å². The number of para-hydroxylation sites is 4. The molecule has 0 aliphatic rings. The van der Waals surface area contributed by atoms with Gasteiger partial charge < -0.3 is 14.4 Å². The second-order valence-electron chi connectivity index (χ2n) is 15.1. The van der Waals surface area contributed by atoms with Gasteiger partial charge in [-0.05, 0) is 139 Å². The summed E-state index contributed by atoms with van der Waals surface area (Å²) in [7, 11) is 0. The molecule has 0 amide bonds. The second kappa shape index (κ2) is 14.7. The van der Waals surface area contributed by atoms with Gasteiger partial charge in [-0.1, -0.05) is 91.0 Å². The van der Waals surface area contributed by atoms with Gasteiger partial charge >= 0.3 is 0 Å². The third-order valence-corrected chi connectivity index (χ3v) is 11.5. The fourth-order valence-electron chi connectivity index (χ4n) is 8.85. The number of hydrogen-bond donors (Lipinski definition) is 0. The monoisotopic (exact) mass is 769 g/mol. The lowest BCUT2D eigenvalue weighted by Gasteiger charge is -2.26. The number of anilines is 6. The van der Waals surface area contributed by atoms with Gasteiger partial charge in [0.15, 0.2) is 0 Å². The Kier molecular flexibility index (Phi) is 8.63. The molecule has 0 spiro atoms. The van der Waals surface area contributed by atoms with Crippen LogP contribution in [0.1, 0.15) is 5.56 Å². The van der Waals surface area contributed by atoms with Crippen molar-refractivity contribution in [2.45, 2.75) is 6.92 Å². The lowest BCUT2D eigenvalue weighted by Crippen LogP contribution is -2.09. The predicted octanol–water partition coefficient (Wildman–Crippen LogP) is 14.8. The van der Waals surface area contributed by atoms with Crippen molar-refractivity contribution >= 4 is 77.7 Å². The molecule has 3 aromatic heterocycles. The molecule has 0 saturated carbocycles. The summed E-state index contributed by atoms with van der Waals surface area (Å²) < 4.78 is 2.42. The van der Waals surface area contributed by atoms with E-state index in [1.807, 2.05) is 24.5 Å². The minimum absolute atomic E-state index is 0.920. The molecule has 0 aliphatic carbocycles. The Morgan fingerprint density at radius 3 is 1.35 bits per heavy atom. The van der Waals surface area contributed by atoms with Crippen LogP contribution in [0.3, 0.4) is 0 Å². The zero-order chi connectivity index (χ0) is 40.0. The van der Waals surface area contributed by atoms with Crippen LogP contribution in [0.15, 0.2) is 219 Å². The molecule has 5 heteroatoms. The van der Waals surface area contributed by atoms with Gasteiger partial charge in [-0.25, -0.2) is 0 Å². The molecule has 11 aromatic rings. The molecule has 284 valence electrons. The van der Waals surface area contributed by atoms with E-state index in [2.05, 4.69) is 215 Å². The Bertz CT molecular complexity index is 3110. The lowest BCUT2D eigenvalue weighted by atomic mass is 9.94. The summed E-state index contributed by atoms with van der Waals surface area (Å²) in [6.45, 7) is 2.22. The minimum Gasteiger partial charge on any atom is -0.310 e. The molecule has 0 aliphatic heterocycles. The third kappa shape index (κ3) is 6.03. The summed E-state index contributed by atoms with van der Waals surface area (Å²) in [4.78, 5) is 14.2. The van der Waals surface area contributed by atoms with Crippen LogP contribution in [0.4, 0.5) is 34.1 Å². The molecular weight excluding hydrogens is 731 g/mol. The maximum Gasteiger partial charge on any atom is 0.0970 e. The van der Waals surface area contributed by atoms with Crippen molar-refractivity contribution in [3.8, 4) is 16.8 Å². The van der Waals surface area contributed by atoms with Gasteiger partial charge in [0.25, 0.3) is 0 Å². The Balaban J connectivity index is 1.13. The third-order valence-electron chi connectivity index (χ3n) is 11.5. The van der Waals surface area contributed by atoms with E-state index in [9.17, 15) is 0 Å². The fraction of sp³-hybridized carbons (Fsp3) is 0.0182. The number of aromatic nitrogens is 3. The van der Waals surface area contributed by atoms with Crippen LogP contribution >= 0.6 is 0 Å². The first-order valence-electron chi connectivity index (χ1n) is 20.3. The maximum atomic E-state index is 4.79. The van der Waals surface area contributed by atoms with Crippen molar-refractivity contribution < 1.29 is 0 Å². The van der Waals surface area contributed by atoms with Gasteiger partial charge in [0.1, 0.15) is 0 Å². The lowest BCUT2D eigenvalue weighted by molar-refractivity contribution is 1.17. The van der Waals surface area contributed by atoms with Gasteiger partial charge in [0.05, 0.1) is 22.1 Å². The van der Waals surface area contributed by atoms with Crippen molar-refractivity contribution in [2.24, 2.45) is 0 Å². The molecule has 11 rings (SSSR count). The first-order valence-corrected chi connectivity index (χ1v) is 20.3. The topological polar surface area (TPSA) is 37.2 Å². The van der Waals surface area contributed by atoms with E-state index < -0.39 is 0 Å². The van der Waals surface area contributed by atoms with E-state index in [0.29, 0.717) is 0 Å². The fourth-order valence-corrected chi connectivity index (χ4v) is 8.85. The number of hydrogen-bond acceptors (Lipinski definition) is 4. The summed E-state index contributed by atoms with van der Waals surface area (Å²) >= 11 is 0. The van der Waals surface area contributed by atoms with E-state index in [1.54, 1.807) is 0 Å². The highest BCUT2D eigenvalue weighted by Gasteiger charge is 2.21. The van der Waals surface area contributed by atoms with Crippen LogP contribution in [0.5, 0.6) is 0 Å². The van der Waals surface area contributed by atoms with E-state index in [4.69, 9.17) is 9.97 Å². The van der Waals surface area contributed by atoms with Crippen molar-refractivity contribution in [1.29, 1.82) is 0 Å². The molecular formula is C55H39N5. The van der Waals surface area contributed by atoms with Crippen molar-refractivity contribution in [1.82, 2.24) is 14.5 Å². The van der Waals surface area contributed by atoms with Crippen LogP contribution in [-0.4, -0.2) is 14.5 Å². The average Bonchev–Trinajstić information content (AvgIpc) is 3.63. The molecule has 0 fully saturated rings. The summed E-state index contributed by atoms with van der Waals surface area (Å²) in [6.07, 6.45) is 3.70. The Morgan fingerprint density at radius 2 is 0.850 bits per heavy atom. The minimum atomic E-state index is 0.920. The van der Waals surface area contributed by atoms with Gasteiger partial charge in [-0.15, -0.1) is 0 Å². The quantitative estimate of drug-likeness (QED) is 0.144. The standard InChI is InChI=1S/C55H39N5/c1-38-34-44(26-29-47(38)49-35-39-16-14-32-56-54(39)55-48(49)25-15-33-57-55)60-52-30-27-45(58(40-17-6-2-7-18-40)41-19-8-3-9-20-41)36-50(52)51-37-46(28-31-53(51)60)59(42-21-10-4-11-22-42)43-23-12-5-13-24-43/h2-37H,1H3. The first-order chi connectivity index (χ1) is 29.7. The van der Waals surface area contributed by atoms with Gasteiger partial charge in [-0.3, -0.25) is 9.97 Å². The normalized spacial score (nSPS) is 11.4. The van der Waals surface area contributed by atoms with Crippen LogP contribution in [0.25, 0.3) is 60.4 Å². The van der Waals surface area contributed by atoms with Crippen LogP contribution in [0, 0.1) is 6.92 Å². The molecule has 0 radical (unpaired) electrons. The highest BCUT2D eigenvalue weighted by atomic mass is 15.1. The molecule has 0 saturated heterocycles. The van der Waals surface area contributed by atoms with Crippen molar-refractivity contribution in [3.05, 3.63) is 224 Å². The molecule has 5 nitrogen and oxygen atoms in total. The summed E-state index contributed by atoms with van der Waals surface area (Å²) in [6, 6.07) is 73.7. The molecule has 3 heterocycles. The highest BCUT2D eigenvalue weighted by molar-refractivity contribution is 6.13. The average molecular weight is 770 g/mol. The second-order valence-corrected chi connectivity index (χ2v) is 15.1. The van der Waals surface area contributed by atoms with E-state index in [0.717, 1.165) is 78.2 Å². The van der Waals surface area contributed by atoms with Crippen LogP contribution < -0.4 is 9.80 Å². The smallest absolute Gasteiger partial charge is 0.0970 e.